The zero-order valence-electron chi connectivity index (χ0n) is 20.2. The molecule has 190 valence electrons. The van der Waals surface area contributed by atoms with Crippen LogP contribution in [0.15, 0.2) is 65.1 Å². The number of piperidine rings is 1. The second-order valence-corrected chi connectivity index (χ2v) is 9.06. The molecule has 12 nitrogen and oxygen atoms in total. The molecule has 5 heterocycles. The van der Waals surface area contributed by atoms with Crippen LogP contribution in [-0.2, 0) is 25.7 Å². The monoisotopic (exact) mass is 511 g/mol. The van der Waals surface area contributed by atoms with Crippen LogP contribution in [0.3, 0.4) is 0 Å². The maximum absolute atomic E-state index is 13.0. The van der Waals surface area contributed by atoms with Gasteiger partial charge in [-0.25, -0.2) is 4.98 Å². The molecule has 0 spiro atoms. The molecule has 12 heteroatoms. The van der Waals surface area contributed by atoms with Crippen molar-refractivity contribution < 1.29 is 23.7 Å². The van der Waals surface area contributed by atoms with E-state index >= 15 is 0 Å². The minimum absolute atomic E-state index is 0.0574. The highest BCUT2D eigenvalue weighted by molar-refractivity contribution is 6.18. The van der Waals surface area contributed by atoms with Gasteiger partial charge < -0.3 is 14.4 Å². The van der Waals surface area contributed by atoms with Gasteiger partial charge in [0.25, 0.3) is 11.8 Å². The van der Waals surface area contributed by atoms with Crippen LogP contribution >= 0.6 is 0 Å². The summed E-state index contributed by atoms with van der Waals surface area (Å²) < 4.78 is 5.43. The Morgan fingerprint density at radius 3 is 2.82 bits per heavy atom. The van der Waals surface area contributed by atoms with E-state index in [-0.39, 0.29) is 31.0 Å². The van der Waals surface area contributed by atoms with Crippen LogP contribution in [-0.4, -0.2) is 66.6 Å². The molecule has 38 heavy (non-hydrogen) atoms. The molecular formula is C26H21N7O5. The molecule has 0 bridgehead atoms. The number of hydrogen-bond acceptors (Lipinski definition) is 9. The minimum atomic E-state index is -1.02. The number of amides is 4. The molecule has 0 saturated carbocycles. The molecule has 4 aromatic rings. The molecule has 1 saturated heterocycles. The lowest BCUT2D eigenvalue weighted by Crippen LogP contribution is -2.54. The molecule has 2 N–H and O–H groups in total. The zero-order valence-corrected chi connectivity index (χ0v) is 20.2. The van der Waals surface area contributed by atoms with E-state index in [4.69, 9.17) is 4.52 Å². The first-order valence-electron chi connectivity index (χ1n) is 11.9. The van der Waals surface area contributed by atoms with Crippen molar-refractivity contribution in [1.29, 1.82) is 0 Å². The molecule has 0 aliphatic carbocycles. The topological polar surface area (TPSA) is 154 Å². The molecule has 2 aliphatic rings. The van der Waals surface area contributed by atoms with Crippen LogP contribution < -0.4 is 5.32 Å². The van der Waals surface area contributed by atoms with Crippen LogP contribution in [0.2, 0.25) is 0 Å². The van der Waals surface area contributed by atoms with Crippen molar-refractivity contribution in [2.75, 3.05) is 7.05 Å². The van der Waals surface area contributed by atoms with Gasteiger partial charge in [-0.2, -0.15) is 4.98 Å². The zero-order chi connectivity index (χ0) is 26.4. The van der Waals surface area contributed by atoms with Gasteiger partial charge in [0.15, 0.2) is 0 Å². The van der Waals surface area contributed by atoms with E-state index in [2.05, 4.69) is 25.4 Å². The number of H-pyrrole nitrogens is 1. The van der Waals surface area contributed by atoms with Crippen LogP contribution in [0.25, 0.3) is 33.5 Å². The predicted octanol–water partition coefficient (Wildman–Crippen LogP) is 1.77. The number of likely N-dealkylation sites (N-methyl/N-ethyl adjacent to an activating group) is 1. The number of fused-ring (bicyclic) bond motifs is 1. The Morgan fingerprint density at radius 2 is 1.97 bits per heavy atom. The standard InChI is InChI=1S/C26H21N7O5/c1-32(19-12-22(35)33(26(19)37)18-5-6-20(34)29-25(18)36)13-21-30-23(31-38-21)15-4-2-3-14(11-15)16-7-9-27-24-17(16)8-10-28-24/h2-4,7-12,18H,5-6,13H2,1H3,(H,27,28)(H,29,34,36). The molecule has 1 atom stereocenters. The molecule has 2 aliphatic heterocycles. The summed E-state index contributed by atoms with van der Waals surface area (Å²) in [6.45, 7) is 0.0645. The van der Waals surface area contributed by atoms with Crippen molar-refractivity contribution in [1.82, 2.24) is 35.2 Å². The van der Waals surface area contributed by atoms with Gasteiger partial charge in [-0.05, 0) is 35.7 Å². The summed E-state index contributed by atoms with van der Waals surface area (Å²) in [5, 5.41) is 7.26. The van der Waals surface area contributed by atoms with Crippen molar-refractivity contribution in [2.45, 2.75) is 25.4 Å². The van der Waals surface area contributed by atoms with Gasteiger partial charge >= 0.3 is 0 Å². The lowest BCUT2D eigenvalue weighted by molar-refractivity contribution is -0.150. The number of imide groups is 2. The first-order chi connectivity index (χ1) is 18.4. The highest BCUT2D eigenvalue weighted by atomic mass is 16.5. The normalized spacial score (nSPS) is 17.8. The summed E-state index contributed by atoms with van der Waals surface area (Å²) in [4.78, 5) is 63.5. The summed E-state index contributed by atoms with van der Waals surface area (Å²) in [7, 11) is 1.61. The summed E-state index contributed by atoms with van der Waals surface area (Å²) >= 11 is 0. The second-order valence-electron chi connectivity index (χ2n) is 9.06. The van der Waals surface area contributed by atoms with Gasteiger partial charge in [-0.1, -0.05) is 23.4 Å². The van der Waals surface area contributed by atoms with Gasteiger partial charge in [-0.15, -0.1) is 0 Å². The number of benzene rings is 1. The number of aromatic amines is 1. The number of pyridine rings is 1. The van der Waals surface area contributed by atoms with E-state index < -0.39 is 29.7 Å². The highest BCUT2D eigenvalue weighted by Gasteiger charge is 2.43. The molecule has 1 aromatic carbocycles. The third-order valence-electron chi connectivity index (χ3n) is 6.60. The number of hydrogen-bond donors (Lipinski definition) is 2. The fraction of sp³-hybridized carbons (Fsp3) is 0.192. The van der Waals surface area contributed by atoms with Crippen LogP contribution in [0.5, 0.6) is 0 Å². The molecule has 1 fully saturated rings. The van der Waals surface area contributed by atoms with E-state index in [0.717, 1.165) is 32.6 Å². The van der Waals surface area contributed by atoms with Gasteiger partial charge in [0.05, 0.1) is 6.54 Å². The lowest BCUT2D eigenvalue weighted by atomic mass is 10.0. The average molecular weight is 511 g/mol. The number of nitrogens with zero attached hydrogens (tertiary/aromatic N) is 5. The Bertz CT molecular complexity index is 1650. The van der Waals surface area contributed by atoms with E-state index in [1.807, 2.05) is 42.6 Å². The van der Waals surface area contributed by atoms with E-state index in [0.29, 0.717) is 5.82 Å². The van der Waals surface area contributed by atoms with Crippen LogP contribution in [0.1, 0.15) is 18.7 Å². The maximum Gasteiger partial charge on any atom is 0.277 e. The van der Waals surface area contributed by atoms with E-state index in [1.54, 1.807) is 13.2 Å². The molecule has 6 rings (SSSR count). The first kappa shape index (κ1) is 23.3. The van der Waals surface area contributed by atoms with Gasteiger partial charge in [0.1, 0.15) is 17.4 Å². The fourth-order valence-corrected chi connectivity index (χ4v) is 4.73. The van der Waals surface area contributed by atoms with Crippen molar-refractivity contribution >= 4 is 34.7 Å². The van der Waals surface area contributed by atoms with Gasteiger partial charge in [0.2, 0.25) is 23.5 Å². The summed E-state index contributed by atoms with van der Waals surface area (Å²) in [6, 6.07) is 10.6. The lowest BCUT2D eigenvalue weighted by Gasteiger charge is -2.29. The van der Waals surface area contributed by atoms with E-state index in [9.17, 15) is 19.2 Å². The first-order valence-corrected chi connectivity index (χ1v) is 11.9. The summed E-state index contributed by atoms with van der Waals surface area (Å²) in [5.41, 5.74) is 3.61. The number of carbonyl (C=O) groups excluding carboxylic acids is 4. The molecule has 0 radical (unpaired) electrons. The van der Waals surface area contributed by atoms with Crippen molar-refractivity contribution in [3.8, 4) is 22.5 Å². The SMILES string of the molecule is CN(Cc1nc(-c2cccc(-c3ccnc4[nH]ccc34)c2)no1)C1=CC(=O)N(C2CCC(=O)NC2=O)C1=O. The van der Waals surface area contributed by atoms with Crippen LogP contribution in [0, 0.1) is 0 Å². The Labute approximate surface area is 215 Å². The largest absolute Gasteiger partial charge is 0.361 e. The number of aromatic nitrogens is 4. The third-order valence-corrected chi connectivity index (χ3v) is 6.60. The molecular weight excluding hydrogens is 490 g/mol. The Morgan fingerprint density at radius 1 is 1.13 bits per heavy atom. The number of carbonyl (C=O) groups is 4. The Hall–Kier alpha value is -5.13. The van der Waals surface area contributed by atoms with Crippen molar-refractivity contribution in [2.24, 2.45) is 0 Å². The van der Waals surface area contributed by atoms with Gasteiger partial charge in [0, 0.05) is 42.9 Å². The summed E-state index contributed by atoms with van der Waals surface area (Å²) in [6.07, 6.45) is 4.91. The second kappa shape index (κ2) is 9.07. The maximum atomic E-state index is 13.0. The Kier molecular flexibility index (Phi) is 5.56. The van der Waals surface area contributed by atoms with Crippen molar-refractivity contribution in [3.05, 3.63) is 66.5 Å². The predicted molar refractivity (Wildman–Crippen MR) is 132 cm³/mol. The number of nitrogens with one attached hydrogen (secondary N) is 2. The highest BCUT2D eigenvalue weighted by Crippen LogP contribution is 2.30. The van der Waals surface area contributed by atoms with Crippen LogP contribution in [0.4, 0.5) is 0 Å². The smallest absolute Gasteiger partial charge is 0.277 e. The third kappa shape index (κ3) is 4.01. The fourth-order valence-electron chi connectivity index (χ4n) is 4.73. The van der Waals surface area contributed by atoms with Crippen molar-refractivity contribution in [3.63, 3.8) is 0 Å². The molecule has 1 unspecified atom stereocenters. The summed E-state index contributed by atoms with van der Waals surface area (Å²) in [5.74, 6) is -1.69. The Balaban J connectivity index is 1.18. The van der Waals surface area contributed by atoms with E-state index in [1.165, 1.54) is 11.0 Å². The molecule has 4 amide bonds. The average Bonchev–Trinajstić information content (AvgIpc) is 3.64. The molecule has 3 aromatic heterocycles. The number of rotatable bonds is 6. The minimum Gasteiger partial charge on any atom is -0.361 e. The quantitative estimate of drug-likeness (QED) is 0.369. The van der Waals surface area contributed by atoms with Gasteiger partial charge in [-0.3, -0.25) is 29.4 Å².